The van der Waals surface area contributed by atoms with Crippen LogP contribution in [-0.4, -0.2) is 22.2 Å². The summed E-state index contributed by atoms with van der Waals surface area (Å²) in [6.07, 6.45) is 4.20. The molecule has 0 saturated carbocycles. The lowest BCUT2D eigenvalue weighted by atomic mass is 9.51. The van der Waals surface area contributed by atoms with Crippen molar-refractivity contribution in [3.05, 3.63) is 0 Å². The number of carboxylic acid groups (broad SMARTS) is 2. The SMILES string of the molecule is CCCCCCC(C(=O)O)(C(C)(C)C)C(C)(C)C(=O)O. The molecule has 0 saturated heterocycles. The normalized spacial score (nSPS) is 15.7. The molecule has 0 heterocycles. The standard InChI is InChI=1S/C16H30O4/c1-7-8-9-10-11-16(13(19)20,14(2,3)4)15(5,6)12(17)18/h7-11H2,1-6H3,(H,17,18)(H,19,20). The Morgan fingerprint density at radius 1 is 0.850 bits per heavy atom. The third-order valence-electron chi connectivity index (χ3n) is 4.65. The van der Waals surface area contributed by atoms with E-state index in [0.29, 0.717) is 6.42 Å². The quantitative estimate of drug-likeness (QED) is 0.656. The van der Waals surface area contributed by atoms with Gasteiger partial charge in [-0.2, -0.15) is 0 Å². The fraction of sp³-hybridized carbons (Fsp3) is 0.875. The maximum atomic E-state index is 12.0. The van der Waals surface area contributed by atoms with Crippen molar-refractivity contribution in [1.29, 1.82) is 0 Å². The molecular weight excluding hydrogens is 256 g/mol. The van der Waals surface area contributed by atoms with E-state index in [9.17, 15) is 19.8 Å². The Kier molecular flexibility index (Phi) is 6.25. The number of rotatable bonds is 8. The van der Waals surface area contributed by atoms with Crippen LogP contribution < -0.4 is 0 Å². The number of unbranched alkanes of at least 4 members (excludes halogenated alkanes) is 3. The molecule has 0 aliphatic carbocycles. The molecule has 118 valence electrons. The van der Waals surface area contributed by atoms with E-state index in [2.05, 4.69) is 6.92 Å². The predicted octanol–water partition coefficient (Wildman–Crippen LogP) is 4.18. The van der Waals surface area contributed by atoms with Crippen LogP contribution in [0.5, 0.6) is 0 Å². The number of hydrogen-bond acceptors (Lipinski definition) is 2. The molecule has 0 aromatic rings. The molecule has 0 spiro atoms. The number of aliphatic carboxylic acids is 2. The summed E-state index contributed by atoms with van der Waals surface area (Å²) in [4.78, 5) is 23.7. The second-order valence-corrected chi connectivity index (χ2v) is 7.20. The van der Waals surface area contributed by atoms with Crippen LogP contribution in [0.2, 0.25) is 0 Å². The highest BCUT2D eigenvalue weighted by molar-refractivity contribution is 5.86. The van der Waals surface area contributed by atoms with Crippen molar-refractivity contribution in [1.82, 2.24) is 0 Å². The number of carbonyl (C=O) groups is 2. The topological polar surface area (TPSA) is 74.6 Å². The molecule has 20 heavy (non-hydrogen) atoms. The monoisotopic (exact) mass is 286 g/mol. The lowest BCUT2D eigenvalue weighted by Crippen LogP contribution is -2.56. The third-order valence-corrected chi connectivity index (χ3v) is 4.65. The van der Waals surface area contributed by atoms with Gasteiger partial charge >= 0.3 is 11.9 Å². The molecule has 4 nitrogen and oxygen atoms in total. The summed E-state index contributed by atoms with van der Waals surface area (Å²) in [5.41, 5.74) is -3.23. The van der Waals surface area contributed by atoms with Crippen molar-refractivity contribution in [3.8, 4) is 0 Å². The van der Waals surface area contributed by atoms with Gasteiger partial charge in [-0.3, -0.25) is 9.59 Å². The van der Waals surface area contributed by atoms with Crippen LogP contribution >= 0.6 is 0 Å². The van der Waals surface area contributed by atoms with E-state index in [0.717, 1.165) is 25.7 Å². The van der Waals surface area contributed by atoms with E-state index < -0.39 is 28.2 Å². The predicted molar refractivity (Wildman–Crippen MR) is 79.7 cm³/mol. The summed E-state index contributed by atoms with van der Waals surface area (Å²) in [7, 11) is 0. The molecule has 0 radical (unpaired) electrons. The maximum Gasteiger partial charge on any atom is 0.311 e. The third kappa shape index (κ3) is 3.33. The van der Waals surface area contributed by atoms with Crippen LogP contribution in [0, 0.1) is 16.2 Å². The van der Waals surface area contributed by atoms with Gasteiger partial charge in [0.2, 0.25) is 0 Å². The summed E-state index contributed by atoms with van der Waals surface area (Å²) in [6, 6.07) is 0. The Labute approximate surface area is 122 Å². The van der Waals surface area contributed by atoms with Gasteiger partial charge in [0.15, 0.2) is 0 Å². The van der Waals surface area contributed by atoms with Crippen molar-refractivity contribution in [2.75, 3.05) is 0 Å². The molecule has 0 aliphatic rings. The van der Waals surface area contributed by atoms with E-state index >= 15 is 0 Å². The van der Waals surface area contributed by atoms with Crippen molar-refractivity contribution >= 4 is 11.9 Å². The van der Waals surface area contributed by atoms with Gasteiger partial charge in [-0.05, 0) is 25.7 Å². The average Bonchev–Trinajstić information content (AvgIpc) is 2.26. The van der Waals surface area contributed by atoms with E-state index in [-0.39, 0.29) is 0 Å². The van der Waals surface area contributed by atoms with E-state index in [1.54, 1.807) is 0 Å². The molecule has 0 amide bonds. The van der Waals surface area contributed by atoms with Crippen LogP contribution in [0.15, 0.2) is 0 Å². The summed E-state index contributed by atoms with van der Waals surface area (Å²) in [6.45, 7) is 10.6. The van der Waals surface area contributed by atoms with Gasteiger partial charge in [0.25, 0.3) is 0 Å². The smallest absolute Gasteiger partial charge is 0.311 e. The van der Waals surface area contributed by atoms with Crippen molar-refractivity contribution < 1.29 is 19.8 Å². The minimum absolute atomic E-state index is 0.394. The molecule has 0 fully saturated rings. The maximum absolute atomic E-state index is 12.0. The van der Waals surface area contributed by atoms with Crippen LogP contribution in [0.1, 0.15) is 73.6 Å². The van der Waals surface area contributed by atoms with Gasteiger partial charge in [0.05, 0.1) is 10.8 Å². The first-order valence-electron chi connectivity index (χ1n) is 7.42. The van der Waals surface area contributed by atoms with Gasteiger partial charge in [0, 0.05) is 0 Å². The van der Waals surface area contributed by atoms with Gasteiger partial charge in [0.1, 0.15) is 0 Å². The molecular formula is C16H30O4. The molecule has 0 aliphatic heterocycles. The molecule has 0 aromatic heterocycles. The lowest BCUT2D eigenvalue weighted by Gasteiger charge is -2.49. The fourth-order valence-corrected chi connectivity index (χ4v) is 3.32. The zero-order valence-electron chi connectivity index (χ0n) is 13.7. The molecule has 1 unspecified atom stereocenters. The van der Waals surface area contributed by atoms with Crippen LogP contribution in [0.25, 0.3) is 0 Å². The molecule has 1 atom stereocenters. The second-order valence-electron chi connectivity index (χ2n) is 7.20. The summed E-state index contributed by atoms with van der Waals surface area (Å²) < 4.78 is 0. The summed E-state index contributed by atoms with van der Waals surface area (Å²) >= 11 is 0. The van der Waals surface area contributed by atoms with E-state index in [1.165, 1.54) is 13.8 Å². The molecule has 4 heteroatoms. The highest BCUT2D eigenvalue weighted by atomic mass is 16.4. The van der Waals surface area contributed by atoms with Gasteiger partial charge in [-0.15, -0.1) is 0 Å². The first kappa shape index (κ1) is 18.9. The second kappa shape index (κ2) is 6.59. The zero-order chi connectivity index (χ0) is 16.2. The van der Waals surface area contributed by atoms with Crippen LogP contribution in [-0.2, 0) is 9.59 Å². The Bertz CT molecular complexity index is 352. The molecule has 0 aromatic carbocycles. The van der Waals surface area contributed by atoms with Crippen molar-refractivity contribution in [2.24, 2.45) is 16.2 Å². The van der Waals surface area contributed by atoms with Crippen molar-refractivity contribution in [3.63, 3.8) is 0 Å². The van der Waals surface area contributed by atoms with Crippen LogP contribution in [0.3, 0.4) is 0 Å². The Balaban J connectivity index is 5.63. The number of hydrogen-bond donors (Lipinski definition) is 2. The summed E-state index contributed by atoms with van der Waals surface area (Å²) in [5.74, 6) is -2.06. The average molecular weight is 286 g/mol. The first-order chi connectivity index (χ1) is 8.95. The highest BCUT2D eigenvalue weighted by Crippen LogP contribution is 2.55. The van der Waals surface area contributed by atoms with E-state index in [1.807, 2.05) is 20.8 Å². The molecule has 2 N–H and O–H groups in total. The fourth-order valence-electron chi connectivity index (χ4n) is 3.32. The largest absolute Gasteiger partial charge is 0.481 e. The van der Waals surface area contributed by atoms with Gasteiger partial charge in [-0.1, -0.05) is 53.4 Å². The van der Waals surface area contributed by atoms with Gasteiger partial charge < -0.3 is 10.2 Å². The van der Waals surface area contributed by atoms with E-state index in [4.69, 9.17) is 0 Å². The summed E-state index contributed by atoms with van der Waals surface area (Å²) in [5, 5.41) is 19.4. The molecule has 0 bridgehead atoms. The minimum atomic E-state index is -1.32. The highest BCUT2D eigenvalue weighted by Gasteiger charge is 2.61. The lowest BCUT2D eigenvalue weighted by molar-refractivity contribution is -0.184. The van der Waals surface area contributed by atoms with Crippen molar-refractivity contribution in [2.45, 2.75) is 73.6 Å². The zero-order valence-corrected chi connectivity index (χ0v) is 13.7. The molecule has 0 rings (SSSR count). The van der Waals surface area contributed by atoms with Crippen LogP contribution in [0.4, 0.5) is 0 Å². The Hall–Kier alpha value is -1.06. The van der Waals surface area contributed by atoms with Gasteiger partial charge in [-0.25, -0.2) is 0 Å². The minimum Gasteiger partial charge on any atom is -0.481 e. The first-order valence-corrected chi connectivity index (χ1v) is 7.42. The number of carboxylic acids is 2. The Morgan fingerprint density at radius 3 is 1.65 bits per heavy atom. The Morgan fingerprint density at radius 2 is 1.35 bits per heavy atom.